The lowest BCUT2D eigenvalue weighted by Crippen LogP contribution is -1.98. The molecule has 3 nitrogen and oxygen atoms in total. The Balaban J connectivity index is 1.82. The number of nitrogens with zero attached hydrogens (tertiary/aromatic N) is 2. The molecule has 0 saturated carbocycles. The Labute approximate surface area is 126 Å². The van der Waals surface area contributed by atoms with Crippen LogP contribution in [0.3, 0.4) is 0 Å². The molecule has 0 spiro atoms. The van der Waals surface area contributed by atoms with E-state index in [2.05, 4.69) is 4.98 Å². The molecule has 2 heterocycles. The van der Waals surface area contributed by atoms with Crippen LogP contribution in [-0.4, -0.2) is 9.38 Å². The van der Waals surface area contributed by atoms with Crippen LogP contribution >= 0.6 is 23.2 Å². The van der Waals surface area contributed by atoms with Gasteiger partial charge in [-0.3, -0.25) is 0 Å². The van der Waals surface area contributed by atoms with Crippen LogP contribution in [0.2, 0.25) is 5.02 Å². The quantitative estimate of drug-likeness (QED) is 0.672. The molecule has 0 unspecified atom stereocenters. The highest BCUT2D eigenvalue weighted by Crippen LogP contribution is 2.30. The summed E-state index contributed by atoms with van der Waals surface area (Å²) in [6.45, 7) is 0.356. The predicted octanol–water partition coefficient (Wildman–Crippen LogP) is 4.31. The van der Waals surface area contributed by atoms with Crippen molar-refractivity contribution in [3.05, 3.63) is 65.1 Å². The van der Waals surface area contributed by atoms with E-state index in [4.69, 9.17) is 27.9 Å². The normalized spacial score (nSPS) is 10.9. The molecule has 0 bridgehead atoms. The molecule has 3 rings (SSSR count). The van der Waals surface area contributed by atoms with Crippen LogP contribution in [0.4, 0.5) is 0 Å². The van der Waals surface area contributed by atoms with E-state index in [9.17, 15) is 0 Å². The standard InChI is InChI=1S/C15H12Cl2N2O/c16-8-11-4-3-5-13(17)15(11)20-10-12-9-19-7-2-1-6-14(19)18-12/h1-7,9H,8,10H2. The third-order valence-electron chi connectivity index (χ3n) is 2.97. The number of benzene rings is 1. The van der Waals surface area contributed by atoms with Gasteiger partial charge in [-0.2, -0.15) is 0 Å². The van der Waals surface area contributed by atoms with Crippen molar-refractivity contribution in [3.63, 3.8) is 0 Å². The molecule has 5 heteroatoms. The van der Waals surface area contributed by atoms with Gasteiger partial charge in [-0.25, -0.2) is 4.98 Å². The van der Waals surface area contributed by atoms with Crippen molar-refractivity contribution in [2.75, 3.05) is 0 Å². The molecule has 0 fully saturated rings. The van der Waals surface area contributed by atoms with E-state index in [0.29, 0.717) is 23.3 Å². The number of fused-ring (bicyclic) bond motifs is 1. The Morgan fingerprint density at radius 1 is 1.15 bits per heavy atom. The third kappa shape index (κ3) is 2.60. The van der Waals surface area contributed by atoms with Crippen LogP contribution in [0.15, 0.2) is 48.8 Å². The second kappa shape index (κ2) is 5.73. The largest absolute Gasteiger partial charge is 0.485 e. The molecule has 2 aromatic heterocycles. The summed E-state index contributed by atoms with van der Waals surface area (Å²) in [5.74, 6) is 0.988. The summed E-state index contributed by atoms with van der Waals surface area (Å²) in [4.78, 5) is 4.47. The van der Waals surface area contributed by atoms with E-state index < -0.39 is 0 Å². The number of hydrogen-bond donors (Lipinski definition) is 0. The molecule has 3 aromatic rings. The van der Waals surface area contributed by atoms with Crippen molar-refractivity contribution in [1.29, 1.82) is 0 Å². The molecule has 20 heavy (non-hydrogen) atoms. The minimum atomic E-state index is 0.356. The van der Waals surface area contributed by atoms with E-state index in [1.807, 2.05) is 47.1 Å². The fourth-order valence-electron chi connectivity index (χ4n) is 2.02. The molecule has 0 aliphatic rings. The maximum atomic E-state index is 6.14. The van der Waals surface area contributed by atoms with Crippen molar-refractivity contribution >= 4 is 28.8 Å². The zero-order valence-electron chi connectivity index (χ0n) is 10.6. The molecular weight excluding hydrogens is 295 g/mol. The van der Waals surface area contributed by atoms with Gasteiger partial charge < -0.3 is 9.14 Å². The lowest BCUT2D eigenvalue weighted by molar-refractivity contribution is 0.300. The smallest absolute Gasteiger partial charge is 0.142 e. The first-order valence-electron chi connectivity index (χ1n) is 6.16. The van der Waals surface area contributed by atoms with E-state index in [1.54, 1.807) is 6.07 Å². The Morgan fingerprint density at radius 3 is 2.85 bits per heavy atom. The average molecular weight is 307 g/mol. The molecular formula is C15H12Cl2N2O. The summed E-state index contributed by atoms with van der Waals surface area (Å²) in [5.41, 5.74) is 2.61. The van der Waals surface area contributed by atoms with Crippen LogP contribution in [-0.2, 0) is 12.5 Å². The number of alkyl halides is 1. The minimum Gasteiger partial charge on any atom is -0.485 e. The first-order valence-corrected chi connectivity index (χ1v) is 7.08. The third-order valence-corrected chi connectivity index (χ3v) is 3.56. The van der Waals surface area contributed by atoms with Crippen molar-refractivity contribution in [3.8, 4) is 5.75 Å². The Kier molecular flexibility index (Phi) is 3.81. The van der Waals surface area contributed by atoms with Crippen molar-refractivity contribution in [1.82, 2.24) is 9.38 Å². The van der Waals surface area contributed by atoms with E-state index in [1.165, 1.54) is 0 Å². The van der Waals surface area contributed by atoms with Gasteiger partial charge in [-0.15, -0.1) is 11.6 Å². The van der Waals surface area contributed by atoms with Gasteiger partial charge >= 0.3 is 0 Å². The molecule has 0 N–H and O–H groups in total. The summed E-state index contributed by atoms with van der Waals surface area (Å²) in [7, 11) is 0. The van der Waals surface area contributed by atoms with Crippen molar-refractivity contribution < 1.29 is 4.74 Å². The van der Waals surface area contributed by atoms with Crippen LogP contribution in [0.1, 0.15) is 11.3 Å². The first-order chi connectivity index (χ1) is 9.78. The lowest BCUT2D eigenvalue weighted by atomic mass is 10.2. The van der Waals surface area contributed by atoms with Gasteiger partial charge in [0.05, 0.1) is 16.6 Å². The topological polar surface area (TPSA) is 26.5 Å². The molecule has 0 amide bonds. The number of imidazole rings is 1. The summed E-state index contributed by atoms with van der Waals surface area (Å²) < 4.78 is 7.73. The van der Waals surface area contributed by atoms with E-state index >= 15 is 0 Å². The number of hydrogen-bond acceptors (Lipinski definition) is 2. The van der Waals surface area contributed by atoms with Gasteiger partial charge in [-0.1, -0.05) is 29.8 Å². The fraction of sp³-hybridized carbons (Fsp3) is 0.133. The maximum Gasteiger partial charge on any atom is 0.142 e. The SMILES string of the molecule is ClCc1cccc(Cl)c1OCc1cn2ccccc2n1. The summed E-state index contributed by atoms with van der Waals surface area (Å²) >= 11 is 12.0. The average Bonchev–Trinajstić information content (AvgIpc) is 2.88. The van der Waals surface area contributed by atoms with Crippen LogP contribution in [0.5, 0.6) is 5.75 Å². The Hall–Kier alpha value is -1.71. The van der Waals surface area contributed by atoms with Gasteiger partial charge in [0.15, 0.2) is 0 Å². The fourth-order valence-corrected chi connectivity index (χ4v) is 2.48. The van der Waals surface area contributed by atoms with E-state index in [0.717, 1.165) is 16.9 Å². The molecule has 0 saturated heterocycles. The number of aromatic nitrogens is 2. The van der Waals surface area contributed by atoms with Crippen molar-refractivity contribution in [2.45, 2.75) is 12.5 Å². The van der Waals surface area contributed by atoms with Crippen molar-refractivity contribution in [2.24, 2.45) is 0 Å². The highest BCUT2D eigenvalue weighted by atomic mass is 35.5. The maximum absolute atomic E-state index is 6.14. The molecule has 0 atom stereocenters. The predicted molar refractivity (Wildman–Crippen MR) is 80.5 cm³/mol. The monoisotopic (exact) mass is 306 g/mol. The minimum absolute atomic E-state index is 0.356. The second-order valence-electron chi connectivity index (χ2n) is 4.35. The lowest BCUT2D eigenvalue weighted by Gasteiger charge is -2.10. The number of halogens is 2. The van der Waals surface area contributed by atoms with Gasteiger partial charge in [0.1, 0.15) is 18.0 Å². The molecule has 102 valence electrons. The van der Waals surface area contributed by atoms with E-state index in [-0.39, 0.29) is 0 Å². The first kappa shape index (κ1) is 13.3. The Morgan fingerprint density at radius 2 is 2.05 bits per heavy atom. The number of para-hydroxylation sites is 1. The number of ether oxygens (including phenoxy) is 1. The molecule has 0 aliphatic heterocycles. The van der Waals surface area contributed by atoms with Crippen LogP contribution in [0.25, 0.3) is 5.65 Å². The Bertz CT molecular complexity index is 707. The second-order valence-corrected chi connectivity index (χ2v) is 5.02. The van der Waals surface area contributed by atoms with Gasteiger partial charge in [0.2, 0.25) is 0 Å². The van der Waals surface area contributed by atoms with Crippen LogP contribution < -0.4 is 4.74 Å². The summed E-state index contributed by atoms with van der Waals surface area (Å²) in [6.07, 6.45) is 3.89. The molecule has 0 aliphatic carbocycles. The van der Waals surface area contributed by atoms with Gasteiger partial charge in [0, 0.05) is 18.0 Å². The molecule has 0 radical (unpaired) electrons. The highest BCUT2D eigenvalue weighted by Gasteiger charge is 2.09. The van der Waals surface area contributed by atoms with Gasteiger partial charge in [-0.05, 0) is 18.2 Å². The van der Waals surface area contributed by atoms with Gasteiger partial charge in [0.25, 0.3) is 0 Å². The highest BCUT2D eigenvalue weighted by molar-refractivity contribution is 6.32. The van der Waals surface area contributed by atoms with Crippen LogP contribution in [0, 0.1) is 0 Å². The summed E-state index contributed by atoms with van der Waals surface area (Å²) in [5, 5.41) is 0.562. The number of rotatable bonds is 4. The molecule has 1 aromatic carbocycles. The zero-order valence-corrected chi connectivity index (χ0v) is 12.1. The summed E-state index contributed by atoms with van der Waals surface area (Å²) in [6, 6.07) is 11.4. The number of pyridine rings is 1. The zero-order chi connectivity index (χ0) is 13.9.